The van der Waals surface area contributed by atoms with Crippen molar-refractivity contribution in [1.29, 1.82) is 0 Å². The third-order valence-electron chi connectivity index (χ3n) is 3.16. The minimum absolute atomic E-state index is 0.0388. The SMILES string of the molecule is COc1ccc(OC(C)C)c(NC(=O)c2ccn(C)c(=O)c2)c1. The van der Waals surface area contributed by atoms with Gasteiger partial charge in [-0.05, 0) is 32.0 Å². The number of ether oxygens (including phenoxy) is 2. The maximum atomic E-state index is 12.4. The minimum atomic E-state index is -0.385. The predicted octanol–water partition coefficient (Wildman–Crippen LogP) is 2.43. The first-order valence-corrected chi connectivity index (χ1v) is 7.23. The Hall–Kier alpha value is -2.76. The smallest absolute Gasteiger partial charge is 0.256 e. The van der Waals surface area contributed by atoms with Gasteiger partial charge in [0.25, 0.3) is 11.5 Å². The van der Waals surface area contributed by atoms with Gasteiger partial charge in [0.15, 0.2) is 0 Å². The van der Waals surface area contributed by atoms with Crippen molar-refractivity contribution in [2.45, 2.75) is 20.0 Å². The second-order valence-electron chi connectivity index (χ2n) is 5.35. The van der Waals surface area contributed by atoms with Crippen LogP contribution < -0.4 is 20.3 Å². The summed E-state index contributed by atoms with van der Waals surface area (Å²) >= 11 is 0. The molecule has 0 aliphatic rings. The number of aryl methyl sites for hydroxylation is 1. The van der Waals surface area contributed by atoms with E-state index >= 15 is 0 Å². The molecule has 0 fully saturated rings. The van der Waals surface area contributed by atoms with Gasteiger partial charge in [-0.3, -0.25) is 9.59 Å². The van der Waals surface area contributed by atoms with Crippen molar-refractivity contribution >= 4 is 11.6 Å². The molecular formula is C17H20N2O4. The minimum Gasteiger partial charge on any atom is -0.497 e. The summed E-state index contributed by atoms with van der Waals surface area (Å²) in [5.74, 6) is 0.753. The van der Waals surface area contributed by atoms with E-state index < -0.39 is 0 Å². The molecule has 1 aromatic heterocycles. The van der Waals surface area contributed by atoms with E-state index in [4.69, 9.17) is 9.47 Å². The number of rotatable bonds is 5. The zero-order valence-electron chi connectivity index (χ0n) is 13.6. The fourth-order valence-electron chi connectivity index (χ4n) is 1.97. The van der Waals surface area contributed by atoms with Crippen molar-refractivity contribution in [3.8, 4) is 11.5 Å². The zero-order chi connectivity index (χ0) is 17.0. The number of nitrogens with one attached hydrogen (secondary N) is 1. The topological polar surface area (TPSA) is 69.6 Å². The van der Waals surface area contributed by atoms with E-state index in [1.807, 2.05) is 13.8 Å². The van der Waals surface area contributed by atoms with Gasteiger partial charge in [-0.2, -0.15) is 0 Å². The van der Waals surface area contributed by atoms with Crippen molar-refractivity contribution in [2.75, 3.05) is 12.4 Å². The first-order chi connectivity index (χ1) is 10.9. The summed E-state index contributed by atoms with van der Waals surface area (Å²) in [4.78, 5) is 24.0. The number of pyridine rings is 1. The second-order valence-corrected chi connectivity index (χ2v) is 5.35. The Morgan fingerprint density at radius 3 is 2.57 bits per heavy atom. The van der Waals surface area contributed by atoms with Gasteiger partial charge in [-0.1, -0.05) is 0 Å². The average Bonchev–Trinajstić information content (AvgIpc) is 2.51. The highest BCUT2D eigenvalue weighted by Crippen LogP contribution is 2.30. The van der Waals surface area contributed by atoms with Crippen LogP contribution in [-0.4, -0.2) is 23.7 Å². The van der Waals surface area contributed by atoms with Gasteiger partial charge in [0.1, 0.15) is 11.5 Å². The van der Waals surface area contributed by atoms with Crippen molar-refractivity contribution in [2.24, 2.45) is 7.05 Å². The number of carbonyl (C=O) groups is 1. The number of methoxy groups -OCH3 is 1. The van der Waals surface area contributed by atoms with E-state index in [1.165, 1.54) is 10.6 Å². The summed E-state index contributed by atoms with van der Waals surface area (Å²) in [7, 11) is 3.17. The number of anilines is 1. The van der Waals surface area contributed by atoms with Crippen LogP contribution in [0.3, 0.4) is 0 Å². The monoisotopic (exact) mass is 316 g/mol. The van der Waals surface area contributed by atoms with Crippen LogP contribution >= 0.6 is 0 Å². The summed E-state index contributed by atoms with van der Waals surface area (Å²) in [6, 6.07) is 8.04. The van der Waals surface area contributed by atoms with Crippen molar-refractivity contribution in [3.63, 3.8) is 0 Å². The van der Waals surface area contributed by atoms with Crippen LogP contribution in [0.5, 0.6) is 11.5 Å². The van der Waals surface area contributed by atoms with Gasteiger partial charge < -0.3 is 19.4 Å². The lowest BCUT2D eigenvalue weighted by atomic mass is 10.2. The summed E-state index contributed by atoms with van der Waals surface area (Å²) in [6.45, 7) is 3.80. The van der Waals surface area contributed by atoms with Crippen molar-refractivity contribution in [1.82, 2.24) is 4.57 Å². The van der Waals surface area contributed by atoms with E-state index in [2.05, 4.69) is 5.32 Å². The summed E-state index contributed by atoms with van der Waals surface area (Å²) in [5, 5.41) is 2.76. The van der Waals surface area contributed by atoms with Crippen LogP contribution in [0.2, 0.25) is 0 Å². The number of amides is 1. The number of carbonyl (C=O) groups excluding carboxylic acids is 1. The molecule has 0 bridgehead atoms. The molecule has 0 aliphatic heterocycles. The Morgan fingerprint density at radius 2 is 1.96 bits per heavy atom. The first-order valence-electron chi connectivity index (χ1n) is 7.23. The highest BCUT2D eigenvalue weighted by atomic mass is 16.5. The normalized spacial score (nSPS) is 10.5. The van der Waals surface area contributed by atoms with Crippen molar-refractivity contribution in [3.05, 3.63) is 52.4 Å². The number of aromatic nitrogens is 1. The fourth-order valence-corrected chi connectivity index (χ4v) is 1.97. The molecule has 122 valence electrons. The van der Waals surface area contributed by atoms with Crippen LogP contribution in [0.25, 0.3) is 0 Å². The molecule has 0 aliphatic carbocycles. The lowest BCUT2D eigenvalue weighted by molar-refractivity contribution is 0.102. The van der Waals surface area contributed by atoms with Crippen LogP contribution in [0.1, 0.15) is 24.2 Å². The lowest BCUT2D eigenvalue weighted by Gasteiger charge is -2.16. The van der Waals surface area contributed by atoms with Crippen LogP contribution in [0.15, 0.2) is 41.3 Å². The molecule has 6 heteroatoms. The van der Waals surface area contributed by atoms with Gasteiger partial charge in [-0.25, -0.2) is 0 Å². The molecule has 0 atom stereocenters. The Labute approximate surface area is 134 Å². The number of hydrogen-bond donors (Lipinski definition) is 1. The summed E-state index contributed by atoms with van der Waals surface area (Å²) in [5.41, 5.74) is 0.525. The average molecular weight is 316 g/mol. The first kappa shape index (κ1) is 16.6. The number of hydrogen-bond acceptors (Lipinski definition) is 4. The molecule has 0 saturated carbocycles. The molecule has 1 N–H and O–H groups in total. The quantitative estimate of drug-likeness (QED) is 0.920. The highest BCUT2D eigenvalue weighted by molar-refractivity contribution is 6.05. The number of nitrogens with zero attached hydrogens (tertiary/aromatic N) is 1. The van der Waals surface area contributed by atoms with Gasteiger partial charge in [0.2, 0.25) is 0 Å². The van der Waals surface area contributed by atoms with E-state index in [0.717, 1.165) is 0 Å². The van der Waals surface area contributed by atoms with Crippen LogP contribution in [0.4, 0.5) is 5.69 Å². The Bertz CT molecular complexity index is 765. The highest BCUT2D eigenvalue weighted by Gasteiger charge is 2.13. The Kier molecular flexibility index (Phi) is 5.05. The Balaban J connectivity index is 2.31. The second kappa shape index (κ2) is 7.00. The molecule has 1 amide bonds. The molecular weight excluding hydrogens is 296 g/mol. The fraction of sp³-hybridized carbons (Fsp3) is 0.294. The maximum absolute atomic E-state index is 12.4. The standard InChI is InChI=1S/C17H20N2O4/c1-11(2)23-15-6-5-13(22-4)10-14(15)18-17(21)12-7-8-19(3)16(20)9-12/h5-11H,1-4H3,(H,18,21). The van der Waals surface area contributed by atoms with Gasteiger partial charge in [0.05, 0.1) is 18.9 Å². The molecule has 0 saturated heterocycles. The zero-order valence-corrected chi connectivity index (χ0v) is 13.6. The molecule has 0 radical (unpaired) electrons. The molecule has 1 aromatic carbocycles. The third-order valence-corrected chi connectivity index (χ3v) is 3.16. The van der Waals surface area contributed by atoms with E-state index in [1.54, 1.807) is 44.6 Å². The van der Waals surface area contributed by atoms with Gasteiger partial charge in [-0.15, -0.1) is 0 Å². The van der Waals surface area contributed by atoms with Gasteiger partial charge >= 0.3 is 0 Å². The molecule has 23 heavy (non-hydrogen) atoms. The van der Waals surface area contributed by atoms with Crippen LogP contribution in [0, 0.1) is 0 Å². The number of benzene rings is 1. The molecule has 2 aromatic rings. The molecule has 0 spiro atoms. The molecule has 6 nitrogen and oxygen atoms in total. The van der Waals surface area contributed by atoms with E-state index in [-0.39, 0.29) is 23.1 Å². The Morgan fingerprint density at radius 1 is 1.22 bits per heavy atom. The van der Waals surface area contributed by atoms with E-state index in [0.29, 0.717) is 17.2 Å². The van der Waals surface area contributed by atoms with Crippen LogP contribution in [-0.2, 0) is 7.05 Å². The molecule has 2 rings (SSSR count). The molecule has 0 unspecified atom stereocenters. The van der Waals surface area contributed by atoms with E-state index in [9.17, 15) is 9.59 Å². The maximum Gasteiger partial charge on any atom is 0.256 e. The summed E-state index contributed by atoms with van der Waals surface area (Å²) < 4.78 is 12.3. The van der Waals surface area contributed by atoms with Gasteiger partial charge in [0, 0.05) is 30.9 Å². The third kappa shape index (κ3) is 4.12. The lowest BCUT2D eigenvalue weighted by Crippen LogP contribution is -2.20. The summed E-state index contributed by atoms with van der Waals surface area (Å²) in [6.07, 6.45) is 1.51. The predicted molar refractivity (Wildman–Crippen MR) is 88.4 cm³/mol. The molecule has 1 heterocycles. The van der Waals surface area contributed by atoms with Crippen molar-refractivity contribution < 1.29 is 14.3 Å². The largest absolute Gasteiger partial charge is 0.497 e.